The van der Waals surface area contributed by atoms with E-state index in [0.29, 0.717) is 12.1 Å². The summed E-state index contributed by atoms with van der Waals surface area (Å²) >= 11 is 0. The Kier molecular flexibility index (Phi) is 6.42. The molecule has 0 heterocycles. The SMILES string of the molecule is CCCNC(CN(C)CC(F)(F)F)c1ccccc1F. The Morgan fingerprint density at radius 3 is 2.45 bits per heavy atom. The van der Waals surface area contributed by atoms with E-state index in [4.69, 9.17) is 0 Å². The second-order valence-electron chi connectivity index (χ2n) is 4.84. The second-order valence-corrected chi connectivity index (χ2v) is 4.84. The van der Waals surface area contributed by atoms with Gasteiger partial charge in [-0.25, -0.2) is 4.39 Å². The van der Waals surface area contributed by atoms with Crippen molar-refractivity contribution >= 4 is 0 Å². The summed E-state index contributed by atoms with van der Waals surface area (Å²) in [5.74, 6) is -0.401. The van der Waals surface area contributed by atoms with Gasteiger partial charge in [0.05, 0.1) is 6.54 Å². The summed E-state index contributed by atoms with van der Waals surface area (Å²) in [6, 6.07) is 5.71. The van der Waals surface area contributed by atoms with Crippen molar-refractivity contribution in [2.24, 2.45) is 0 Å². The van der Waals surface area contributed by atoms with Crippen LogP contribution in [0.15, 0.2) is 24.3 Å². The van der Waals surface area contributed by atoms with E-state index in [1.54, 1.807) is 18.2 Å². The molecule has 0 spiro atoms. The van der Waals surface area contributed by atoms with Crippen molar-refractivity contribution in [1.29, 1.82) is 0 Å². The molecule has 0 aliphatic rings. The zero-order chi connectivity index (χ0) is 15.2. The number of nitrogens with one attached hydrogen (secondary N) is 1. The third kappa shape index (κ3) is 5.88. The summed E-state index contributed by atoms with van der Waals surface area (Å²) in [5.41, 5.74) is 0.398. The van der Waals surface area contributed by atoms with E-state index in [-0.39, 0.29) is 6.54 Å². The van der Waals surface area contributed by atoms with Gasteiger partial charge < -0.3 is 5.32 Å². The van der Waals surface area contributed by atoms with Gasteiger partial charge in [-0.3, -0.25) is 4.90 Å². The number of benzene rings is 1. The molecule has 0 aromatic heterocycles. The van der Waals surface area contributed by atoms with Gasteiger partial charge in [-0.15, -0.1) is 0 Å². The predicted molar refractivity (Wildman–Crippen MR) is 71.0 cm³/mol. The van der Waals surface area contributed by atoms with E-state index >= 15 is 0 Å². The molecule has 0 fully saturated rings. The number of halogens is 4. The molecule has 0 saturated carbocycles. The van der Waals surface area contributed by atoms with Crippen LogP contribution in [-0.4, -0.2) is 37.8 Å². The van der Waals surface area contributed by atoms with Gasteiger partial charge >= 0.3 is 6.18 Å². The molecule has 1 atom stereocenters. The fraction of sp³-hybridized carbons (Fsp3) is 0.571. The van der Waals surface area contributed by atoms with Gasteiger partial charge in [-0.05, 0) is 26.1 Å². The third-order valence-corrected chi connectivity index (χ3v) is 2.86. The van der Waals surface area contributed by atoms with E-state index in [0.717, 1.165) is 11.3 Å². The topological polar surface area (TPSA) is 15.3 Å². The van der Waals surface area contributed by atoms with Gasteiger partial charge in [0.15, 0.2) is 0 Å². The zero-order valence-electron chi connectivity index (χ0n) is 11.7. The Labute approximate surface area is 116 Å². The minimum atomic E-state index is -4.25. The molecular weight excluding hydrogens is 272 g/mol. The molecule has 0 amide bonds. The standard InChI is InChI=1S/C14H20F4N2/c1-3-8-19-13(9-20(2)10-14(16,17)18)11-6-4-5-7-12(11)15/h4-7,13,19H,3,8-10H2,1-2H3. The van der Waals surface area contributed by atoms with Crippen LogP contribution in [0.4, 0.5) is 17.6 Å². The molecule has 0 aliphatic carbocycles. The Morgan fingerprint density at radius 1 is 1.25 bits per heavy atom. The fourth-order valence-electron chi connectivity index (χ4n) is 2.03. The number of hydrogen-bond acceptors (Lipinski definition) is 2. The second kappa shape index (κ2) is 7.59. The van der Waals surface area contributed by atoms with E-state index in [1.807, 2.05) is 6.92 Å². The van der Waals surface area contributed by atoms with Crippen molar-refractivity contribution in [3.8, 4) is 0 Å². The first-order chi connectivity index (χ1) is 9.33. The van der Waals surface area contributed by atoms with Crippen LogP contribution in [0.1, 0.15) is 24.9 Å². The van der Waals surface area contributed by atoms with Crippen LogP contribution in [-0.2, 0) is 0 Å². The summed E-state index contributed by atoms with van der Waals surface area (Å²) in [4.78, 5) is 1.15. The van der Waals surface area contributed by atoms with E-state index in [1.165, 1.54) is 13.1 Å². The monoisotopic (exact) mass is 292 g/mol. The van der Waals surface area contributed by atoms with Gasteiger partial charge in [0.25, 0.3) is 0 Å². The van der Waals surface area contributed by atoms with Crippen molar-refractivity contribution in [2.45, 2.75) is 25.6 Å². The molecule has 0 radical (unpaired) electrons. The molecule has 20 heavy (non-hydrogen) atoms. The number of alkyl halides is 3. The van der Waals surface area contributed by atoms with Crippen molar-refractivity contribution in [3.05, 3.63) is 35.6 Å². The molecule has 0 aliphatic heterocycles. The maximum atomic E-state index is 13.8. The summed E-state index contributed by atoms with van der Waals surface area (Å²) < 4.78 is 50.8. The summed E-state index contributed by atoms with van der Waals surface area (Å²) in [6.45, 7) is 1.66. The van der Waals surface area contributed by atoms with Crippen LogP contribution in [0.2, 0.25) is 0 Å². The highest BCUT2D eigenvalue weighted by Crippen LogP contribution is 2.20. The molecule has 114 valence electrons. The molecule has 0 saturated heterocycles. The van der Waals surface area contributed by atoms with E-state index < -0.39 is 24.6 Å². The summed E-state index contributed by atoms with van der Waals surface area (Å²) in [5, 5.41) is 3.09. The molecule has 6 heteroatoms. The van der Waals surface area contributed by atoms with Gasteiger partial charge in [-0.2, -0.15) is 13.2 Å². The maximum absolute atomic E-state index is 13.8. The molecule has 1 aromatic rings. The fourth-order valence-corrected chi connectivity index (χ4v) is 2.03. The molecule has 2 nitrogen and oxygen atoms in total. The van der Waals surface area contributed by atoms with Gasteiger partial charge in [0.2, 0.25) is 0 Å². The van der Waals surface area contributed by atoms with E-state index in [9.17, 15) is 17.6 Å². The van der Waals surface area contributed by atoms with Crippen LogP contribution in [0.3, 0.4) is 0 Å². The highest BCUT2D eigenvalue weighted by atomic mass is 19.4. The molecule has 1 rings (SSSR count). The van der Waals surface area contributed by atoms with Crippen molar-refractivity contribution in [2.75, 3.05) is 26.7 Å². The van der Waals surface area contributed by atoms with E-state index in [2.05, 4.69) is 5.32 Å². The number of likely N-dealkylation sites (N-methyl/N-ethyl adjacent to an activating group) is 1. The average Bonchev–Trinajstić information content (AvgIpc) is 2.33. The molecule has 1 N–H and O–H groups in total. The van der Waals surface area contributed by atoms with Gasteiger partial charge in [0.1, 0.15) is 5.82 Å². The average molecular weight is 292 g/mol. The first-order valence-electron chi connectivity index (χ1n) is 6.56. The Morgan fingerprint density at radius 2 is 1.90 bits per heavy atom. The highest BCUT2D eigenvalue weighted by Gasteiger charge is 2.30. The van der Waals surface area contributed by atoms with Crippen molar-refractivity contribution in [3.63, 3.8) is 0 Å². The molecule has 0 bridgehead atoms. The highest BCUT2D eigenvalue weighted by molar-refractivity contribution is 5.21. The number of hydrogen-bond donors (Lipinski definition) is 1. The van der Waals surface area contributed by atoms with Crippen LogP contribution in [0.5, 0.6) is 0 Å². The summed E-state index contributed by atoms with van der Waals surface area (Å²) in [6.07, 6.45) is -3.42. The quantitative estimate of drug-likeness (QED) is 0.775. The van der Waals surface area contributed by atoms with Crippen LogP contribution in [0.25, 0.3) is 0 Å². The lowest BCUT2D eigenvalue weighted by atomic mass is 10.1. The van der Waals surface area contributed by atoms with Gasteiger partial charge in [0, 0.05) is 18.2 Å². The van der Waals surface area contributed by atoms with Crippen molar-refractivity contribution in [1.82, 2.24) is 10.2 Å². The third-order valence-electron chi connectivity index (χ3n) is 2.86. The zero-order valence-corrected chi connectivity index (χ0v) is 11.7. The number of rotatable bonds is 7. The lowest BCUT2D eigenvalue weighted by molar-refractivity contribution is -0.143. The predicted octanol–water partition coefficient (Wildman–Crippen LogP) is 3.36. The van der Waals surface area contributed by atoms with Crippen LogP contribution in [0, 0.1) is 5.82 Å². The lowest BCUT2D eigenvalue weighted by Crippen LogP contribution is -2.38. The van der Waals surface area contributed by atoms with Crippen LogP contribution >= 0.6 is 0 Å². The first-order valence-corrected chi connectivity index (χ1v) is 6.56. The normalized spacial score (nSPS) is 13.8. The van der Waals surface area contributed by atoms with Crippen molar-refractivity contribution < 1.29 is 17.6 Å². The Hall–Kier alpha value is -1.14. The first kappa shape index (κ1) is 16.9. The number of nitrogens with zero attached hydrogens (tertiary/aromatic N) is 1. The largest absolute Gasteiger partial charge is 0.401 e. The maximum Gasteiger partial charge on any atom is 0.401 e. The molecular formula is C14H20F4N2. The minimum absolute atomic E-state index is 0.0977. The Balaban J connectivity index is 2.77. The minimum Gasteiger partial charge on any atom is -0.309 e. The lowest BCUT2D eigenvalue weighted by Gasteiger charge is -2.26. The molecule has 1 aromatic carbocycles. The smallest absolute Gasteiger partial charge is 0.309 e. The van der Waals surface area contributed by atoms with Gasteiger partial charge in [-0.1, -0.05) is 25.1 Å². The van der Waals surface area contributed by atoms with Crippen LogP contribution < -0.4 is 5.32 Å². The molecule has 1 unspecified atom stereocenters. The summed E-state index contributed by atoms with van der Waals surface area (Å²) in [7, 11) is 1.38. The Bertz CT molecular complexity index is 406.